The Kier molecular flexibility index (Phi) is 7.90. The summed E-state index contributed by atoms with van der Waals surface area (Å²) in [6.07, 6.45) is 1.50. The molecular formula is C30H33F2N9O4S. The van der Waals surface area contributed by atoms with E-state index in [-0.39, 0.29) is 23.6 Å². The maximum Gasteiger partial charge on any atom is 0.273 e. The molecule has 1 fully saturated rings. The van der Waals surface area contributed by atoms with Crippen molar-refractivity contribution in [2.24, 2.45) is 7.05 Å². The molecule has 2 aliphatic rings. The minimum atomic E-state index is -4.36. The molecule has 2 aromatic heterocycles. The number of carbonyl (C=O) groups excluding carboxylic acids is 2. The third-order valence-corrected chi connectivity index (χ3v) is 10.5. The third kappa shape index (κ3) is 5.63. The average molecular weight is 654 g/mol. The molecule has 3 N–H and O–H groups in total. The highest BCUT2D eigenvalue weighted by Gasteiger charge is 2.48. The molecule has 0 saturated carbocycles. The second-order valence-corrected chi connectivity index (χ2v) is 13.7. The fourth-order valence-electron chi connectivity index (χ4n) is 5.84. The first-order chi connectivity index (χ1) is 21.8. The lowest BCUT2D eigenvalue weighted by Crippen LogP contribution is -2.44. The minimum absolute atomic E-state index is 0.0863. The van der Waals surface area contributed by atoms with Crippen LogP contribution < -0.4 is 15.5 Å². The van der Waals surface area contributed by atoms with E-state index < -0.39 is 43.9 Å². The molecule has 16 heteroatoms. The van der Waals surface area contributed by atoms with E-state index in [1.165, 1.54) is 10.9 Å². The van der Waals surface area contributed by atoms with Crippen LogP contribution in [0.15, 0.2) is 53.6 Å². The van der Waals surface area contributed by atoms with Crippen molar-refractivity contribution in [3.63, 3.8) is 0 Å². The number of amides is 2. The van der Waals surface area contributed by atoms with Gasteiger partial charge in [-0.15, -0.1) is 0 Å². The van der Waals surface area contributed by atoms with Crippen LogP contribution in [0, 0.1) is 11.6 Å². The standard InChI is InChI=1S/C30H33F2N9O4S/c1-30(2)26-23(17-41(30)46(44,45)21-14-18(31)13-19(32)15-21)27(37-36-26)35-28(42)22-6-5-20(40-11-9-38(3)10-12-40)16-24(22)34-29(43)25-7-8-33-39(25)4/h5-8,13-16H,9-12,17H2,1-4H3,(H,34,43)(H2,35,36,37,42). The maximum atomic E-state index is 13.9. The number of benzene rings is 2. The van der Waals surface area contributed by atoms with Gasteiger partial charge in [0.2, 0.25) is 10.0 Å². The molecule has 13 nitrogen and oxygen atoms in total. The summed E-state index contributed by atoms with van der Waals surface area (Å²) in [6, 6.07) is 8.85. The lowest BCUT2D eigenvalue weighted by molar-refractivity contribution is 0.101. The lowest BCUT2D eigenvalue weighted by Gasteiger charge is -2.34. The van der Waals surface area contributed by atoms with E-state index in [2.05, 4.69) is 35.7 Å². The molecule has 242 valence electrons. The smallest absolute Gasteiger partial charge is 0.273 e. The van der Waals surface area contributed by atoms with Gasteiger partial charge in [-0.2, -0.15) is 14.5 Å². The van der Waals surface area contributed by atoms with Crippen molar-refractivity contribution in [1.82, 2.24) is 29.2 Å². The number of fused-ring (bicyclic) bond motifs is 1. The molecule has 2 amide bonds. The van der Waals surface area contributed by atoms with Gasteiger partial charge in [-0.3, -0.25) is 19.4 Å². The van der Waals surface area contributed by atoms with Gasteiger partial charge in [-0.1, -0.05) is 0 Å². The van der Waals surface area contributed by atoms with Crippen LogP contribution in [0.1, 0.15) is 46.0 Å². The molecule has 4 heterocycles. The molecule has 2 aromatic carbocycles. The van der Waals surface area contributed by atoms with Crippen LogP contribution >= 0.6 is 0 Å². The third-order valence-electron chi connectivity index (χ3n) is 8.48. The highest BCUT2D eigenvalue weighted by molar-refractivity contribution is 7.89. The summed E-state index contributed by atoms with van der Waals surface area (Å²) in [7, 11) is -0.675. The maximum absolute atomic E-state index is 13.9. The molecule has 46 heavy (non-hydrogen) atoms. The number of nitrogens with zero attached hydrogens (tertiary/aromatic N) is 6. The Balaban J connectivity index is 1.30. The van der Waals surface area contributed by atoms with E-state index in [0.717, 1.165) is 48.3 Å². The quantitative estimate of drug-likeness (QED) is 0.276. The number of anilines is 3. The van der Waals surface area contributed by atoms with Crippen LogP contribution in [-0.2, 0) is 29.2 Å². The summed E-state index contributed by atoms with van der Waals surface area (Å²) >= 11 is 0. The predicted molar refractivity (Wildman–Crippen MR) is 166 cm³/mol. The molecular weight excluding hydrogens is 620 g/mol. The first kappa shape index (κ1) is 31.3. The molecule has 2 aliphatic heterocycles. The Morgan fingerprint density at radius 2 is 1.63 bits per heavy atom. The molecule has 6 rings (SSSR count). The number of halogens is 2. The normalized spacial score (nSPS) is 16.8. The highest BCUT2D eigenvalue weighted by Crippen LogP contribution is 2.44. The Bertz CT molecular complexity index is 1930. The van der Waals surface area contributed by atoms with Crippen molar-refractivity contribution < 1.29 is 26.8 Å². The van der Waals surface area contributed by atoms with Crippen molar-refractivity contribution in [3.05, 3.63) is 82.8 Å². The highest BCUT2D eigenvalue weighted by atomic mass is 32.2. The van der Waals surface area contributed by atoms with Gasteiger partial charge in [0.1, 0.15) is 17.3 Å². The zero-order valence-corrected chi connectivity index (χ0v) is 26.5. The van der Waals surface area contributed by atoms with Gasteiger partial charge in [0.15, 0.2) is 5.82 Å². The van der Waals surface area contributed by atoms with Crippen LogP contribution in [0.25, 0.3) is 0 Å². The van der Waals surface area contributed by atoms with Crippen molar-refractivity contribution in [2.75, 3.05) is 48.8 Å². The number of nitrogens with one attached hydrogen (secondary N) is 3. The Labute approximate surface area is 264 Å². The minimum Gasteiger partial charge on any atom is -0.369 e. The SMILES string of the molecule is CN1CCN(c2ccc(C(=O)Nc3n[nH]c4c3CN(S(=O)(=O)c3cc(F)cc(F)c3)C4(C)C)c(NC(=O)c3ccnn3C)c2)CC1. The summed E-state index contributed by atoms with van der Waals surface area (Å²) in [5.41, 5.74) is 1.17. The number of aromatic nitrogens is 4. The first-order valence-corrected chi connectivity index (χ1v) is 15.9. The summed E-state index contributed by atoms with van der Waals surface area (Å²) in [5, 5.41) is 16.7. The summed E-state index contributed by atoms with van der Waals surface area (Å²) in [6.45, 7) is 6.29. The number of carbonyl (C=O) groups is 2. The predicted octanol–water partition coefficient (Wildman–Crippen LogP) is 3.12. The fraction of sp³-hybridized carbons (Fsp3) is 0.333. The summed E-state index contributed by atoms with van der Waals surface area (Å²) < 4.78 is 57.5. The first-order valence-electron chi connectivity index (χ1n) is 14.5. The van der Waals surface area contributed by atoms with Crippen molar-refractivity contribution in [1.29, 1.82) is 0 Å². The van der Waals surface area contributed by atoms with Gasteiger partial charge in [0, 0.05) is 63.3 Å². The van der Waals surface area contributed by atoms with E-state index in [1.54, 1.807) is 39.1 Å². The second kappa shape index (κ2) is 11.6. The van der Waals surface area contributed by atoms with Gasteiger partial charge in [-0.25, -0.2) is 17.2 Å². The Hall–Kier alpha value is -4.67. The van der Waals surface area contributed by atoms with E-state index in [0.29, 0.717) is 23.0 Å². The number of aryl methyl sites for hydroxylation is 1. The molecule has 4 aromatic rings. The van der Waals surface area contributed by atoms with Gasteiger partial charge in [0.25, 0.3) is 11.8 Å². The number of sulfonamides is 1. The van der Waals surface area contributed by atoms with E-state index in [4.69, 9.17) is 0 Å². The summed E-state index contributed by atoms with van der Waals surface area (Å²) in [4.78, 5) is 30.8. The van der Waals surface area contributed by atoms with Crippen LogP contribution in [-0.4, -0.2) is 82.6 Å². The number of aromatic amines is 1. The van der Waals surface area contributed by atoms with E-state index in [9.17, 15) is 26.8 Å². The number of piperazine rings is 1. The monoisotopic (exact) mass is 653 g/mol. The van der Waals surface area contributed by atoms with Gasteiger partial charge < -0.3 is 20.4 Å². The molecule has 0 aliphatic carbocycles. The topological polar surface area (TPSA) is 149 Å². The molecule has 0 radical (unpaired) electrons. The summed E-state index contributed by atoms with van der Waals surface area (Å²) in [5.74, 6) is -3.00. The fourth-order valence-corrected chi connectivity index (χ4v) is 7.61. The number of hydrogen-bond acceptors (Lipinski definition) is 8. The number of H-pyrrole nitrogens is 1. The van der Waals surface area contributed by atoms with E-state index >= 15 is 0 Å². The molecule has 0 unspecified atom stereocenters. The largest absolute Gasteiger partial charge is 0.369 e. The van der Waals surface area contributed by atoms with Crippen LogP contribution in [0.5, 0.6) is 0 Å². The zero-order valence-electron chi connectivity index (χ0n) is 25.6. The van der Waals surface area contributed by atoms with Crippen molar-refractivity contribution >= 4 is 39.0 Å². The van der Waals surface area contributed by atoms with Gasteiger partial charge >= 0.3 is 0 Å². The second-order valence-electron chi connectivity index (χ2n) is 11.9. The van der Waals surface area contributed by atoms with Crippen LogP contribution in [0.2, 0.25) is 0 Å². The Morgan fingerprint density at radius 3 is 2.28 bits per heavy atom. The van der Waals surface area contributed by atoms with Crippen LogP contribution in [0.3, 0.4) is 0 Å². The van der Waals surface area contributed by atoms with Crippen LogP contribution in [0.4, 0.5) is 26.0 Å². The molecule has 0 atom stereocenters. The van der Waals surface area contributed by atoms with E-state index in [1.807, 2.05) is 13.1 Å². The van der Waals surface area contributed by atoms with Gasteiger partial charge in [0.05, 0.1) is 27.4 Å². The van der Waals surface area contributed by atoms with Gasteiger partial charge in [-0.05, 0) is 57.3 Å². The molecule has 0 bridgehead atoms. The molecule has 1 saturated heterocycles. The average Bonchev–Trinajstić information content (AvgIpc) is 3.68. The Morgan fingerprint density at radius 1 is 0.935 bits per heavy atom. The number of rotatable bonds is 7. The number of likely N-dealkylation sites (N-methyl/N-ethyl adjacent to an activating group) is 1. The van der Waals surface area contributed by atoms with Crippen molar-refractivity contribution in [3.8, 4) is 0 Å². The molecule has 0 spiro atoms. The zero-order chi connectivity index (χ0) is 33.0. The van der Waals surface area contributed by atoms with Crippen molar-refractivity contribution in [2.45, 2.75) is 30.8 Å². The number of hydrogen-bond donors (Lipinski definition) is 3. The lowest BCUT2D eigenvalue weighted by atomic mass is 10.0.